The molecule has 6 nitrogen and oxygen atoms in total. The molecular formula is C30H41FN4O2. The molecular weight excluding hydrogens is 467 g/mol. The van der Waals surface area contributed by atoms with E-state index in [1.807, 2.05) is 12.1 Å². The van der Waals surface area contributed by atoms with Crippen molar-refractivity contribution >= 4 is 11.8 Å². The van der Waals surface area contributed by atoms with Crippen LogP contribution in [0.2, 0.25) is 0 Å². The summed E-state index contributed by atoms with van der Waals surface area (Å²) in [4.78, 5) is 22.0. The van der Waals surface area contributed by atoms with Gasteiger partial charge in [0.1, 0.15) is 11.6 Å². The molecule has 1 aromatic heterocycles. The normalized spacial score (nSPS) is 20.2. The molecule has 3 aliphatic heterocycles. The van der Waals surface area contributed by atoms with Gasteiger partial charge in [0.2, 0.25) is 0 Å². The molecule has 4 heterocycles. The van der Waals surface area contributed by atoms with Gasteiger partial charge in [0.25, 0.3) is 0 Å². The molecule has 2 saturated heterocycles. The molecule has 1 aromatic carbocycles. The maximum atomic E-state index is 15.0. The predicted octanol–water partition coefficient (Wildman–Crippen LogP) is 4.73. The summed E-state index contributed by atoms with van der Waals surface area (Å²) >= 11 is 0. The number of carbonyl (C=O) groups is 1. The first-order chi connectivity index (χ1) is 17.6. The van der Waals surface area contributed by atoms with Crippen LogP contribution >= 0.6 is 0 Å². The molecule has 1 atom stereocenters. The number of hydrogen-bond acceptors (Lipinski definition) is 6. The summed E-state index contributed by atoms with van der Waals surface area (Å²) in [6.45, 7) is 13.0. The Kier molecular flexibility index (Phi) is 7.29. The molecule has 1 spiro atoms. The van der Waals surface area contributed by atoms with E-state index in [2.05, 4.69) is 48.0 Å². The summed E-state index contributed by atoms with van der Waals surface area (Å²) in [5, 5.41) is 3.44. The number of hydrogen-bond donors (Lipinski definition) is 1. The number of aryl methyl sites for hydroxylation is 1. The van der Waals surface area contributed by atoms with E-state index < -0.39 is 0 Å². The first-order valence-electron chi connectivity index (χ1n) is 13.7. The standard InChI is InChI=1S/C30H41FN4O2/c1-29(2,3)23-8-10-26(31)25(15-23)22(14-27(36)37-4)16-35-19-30(20-35)11-13-34(18-30)17-24-9-7-21-6-5-12-32-28(21)33-24/h7-10,15,22H,5-6,11-14,16-20H2,1-4H3,(H,32,33)/t22-/m1/s1. The summed E-state index contributed by atoms with van der Waals surface area (Å²) in [6, 6.07) is 9.78. The van der Waals surface area contributed by atoms with Gasteiger partial charge in [-0.2, -0.15) is 0 Å². The molecule has 7 heteroatoms. The maximum absolute atomic E-state index is 15.0. The van der Waals surface area contributed by atoms with Gasteiger partial charge in [-0.1, -0.05) is 39.0 Å². The molecule has 3 aliphatic rings. The Morgan fingerprint density at radius 1 is 1.19 bits per heavy atom. The number of pyridine rings is 1. The zero-order valence-electron chi connectivity index (χ0n) is 22.8. The van der Waals surface area contributed by atoms with Gasteiger partial charge in [0.05, 0.1) is 19.2 Å². The van der Waals surface area contributed by atoms with Crippen LogP contribution in [0.15, 0.2) is 30.3 Å². The smallest absolute Gasteiger partial charge is 0.306 e. The fourth-order valence-corrected chi connectivity index (χ4v) is 6.33. The highest BCUT2D eigenvalue weighted by atomic mass is 19.1. The Bertz CT molecular complexity index is 1140. The van der Waals surface area contributed by atoms with Crippen LogP contribution < -0.4 is 5.32 Å². The predicted molar refractivity (Wildman–Crippen MR) is 144 cm³/mol. The highest BCUT2D eigenvalue weighted by Gasteiger charge is 2.48. The molecule has 0 radical (unpaired) electrons. The topological polar surface area (TPSA) is 57.7 Å². The van der Waals surface area contributed by atoms with Crippen LogP contribution in [0.4, 0.5) is 10.2 Å². The number of fused-ring (bicyclic) bond motifs is 1. The average Bonchev–Trinajstić information content (AvgIpc) is 3.26. The highest BCUT2D eigenvalue weighted by Crippen LogP contribution is 2.41. The lowest BCUT2D eigenvalue weighted by molar-refractivity contribution is -0.141. The quantitative estimate of drug-likeness (QED) is 0.546. The number of carbonyl (C=O) groups excluding carboxylic acids is 1. The van der Waals surface area contributed by atoms with Crippen LogP contribution in [0, 0.1) is 11.2 Å². The number of aromatic nitrogens is 1. The molecule has 0 saturated carbocycles. The summed E-state index contributed by atoms with van der Waals surface area (Å²) < 4.78 is 20.0. The first kappa shape index (κ1) is 26.1. The Morgan fingerprint density at radius 2 is 1.97 bits per heavy atom. The lowest BCUT2D eigenvalue weighted by atomic mass is 9.77. The number of nitrogens with one attached hydrogen (secondary N) is 1. The SMILES string of the molecule is COC(=O)C[C@H](CN1CC2(CCN(Cc3ccc4c(n3)NCCC4)C2)C1)c1cc(C(C)(C)C)ccc1F. The van der Waals surface area contributed by atoms with Crippen molar-refractivity contribution in [2.45, 2.75) is 64.3 Å². The second-order valence-electron chi connectivity index (χ2n) is 12.4. The van der Waals surface area contributed by atoms with Crippen LogP contribution in [-0.4, -0.2) is 67.1 Å². The Balaban J connectivity index is 1.21. The number of halogens is 1. The molecule has 0 bridgehead atoms. The number of methoxy groups -OCH3 is 1. The van der Waals surface area contributed by atoms with E-state index in [1.165, 1.54) is 25.5 Å². The molecule has 0 unspecified atom stereocenters. The van der Waals surface area contributed by atoms with E-state index in [0.717, 1.165) is 62.8 Å². The van der Waals surface area contributed by atoms with Crippen LogP contribution in [-0.2, 0) is 27.9 Å². The molecule has 1 N–H and O–H groups in total. The minimum Gasteiger partial charge on any atom is -0.469 e. The molecule has 200 valence electrons. The largest absolute Gasteiger partial charge is 0.469 e. The molecule has 2 aromatic rings. The zero-order valence-corrected chi connectivity index (χ0v) is 22.8. The van der Waals surface area contributed by atoms with E-state index in [1.54, 1.807) is 6.07 Å². The van der Waals surface area contributed by atoms with E-state index in [4.69, 9.17) is 9.72 Å². The van der Waals surface area contributed by atoms with Crippen LogP contribution in [0.1, 0.15) is 68.3 Å². The molecule has 37 heavy (non-hydrogen) atoms. The summed E-state index contributed by atoms with van der Waals surface area (Å²) in [5.74, 6) is 0.305. The van der Waals surface area contributed by atoms with Gasteiger partial charge in [-0.15, -0.1) is 0 Å². The van der Waals surface area contributed by atoms with Crippen molar-refractivity contribution in [1.82, 2.24) is 14.8 Å². The van der Waals surface area contributed by atoms with Crippen molar-refractivity contribution in [3.63, 3.8) is 0 Å². The second kappa shape index (κ2) is 10.3. The van der Waals surface area contributed by atoms with Crippen molar-refractivity contribution in [2.75, 3.05) is 51.7 Å². The Labute approximate surface area is 220 Å². The van der Waals surface area contributed by atoms with E-state index in [-0.39, 0.29) is 35.0 Å². The number of nitrogens with zero attached hydrogens (tertiary/aromatic N) is 3. The monoisotopic (exact) mass is 508 g/mol. The fraction of sp³-hybridized carbons (Fsp3) is 0.600. The van der Waals surface area contributed by atoms with Gasteiger partial charge in [0, 0.05) is 50.6 Å². The van der Waals surface area contributed by atoms with Crippen molar-refractivity contribution in [1.29, 1.82) is 0 Å². The number of esters is 1. The van der Waals surface area contributed by atoms with E-state index in [9.17, 15) is 4.79 Å². The minimum absolute atomic E-state index is 0.0879. The Hall–Kier alpha value is -2.51. The van der Waals surface area contributed by atoms with Gasteiger partial charge < -0.3 is 15.0 Å². The van der Waals surface area contributed by atoms with Gasteiger partial charge in [-0.05, 0) is 60.0 Å². The Morgan fingerprint density at radius 3 is 2.73 bits per heavy atom. The molecule has 0 aliphatic carbocycles. The third-order valence-electron chi connectivity index (χ3n) is 8.39. The zero-order chi connectivity index (χ0) is 26.2. The third kappa shape index (κ3) is 5.83. The maximum Gasteiger partial charge on any atom is 0.306 e. The number of anilines is 1. The number of ether oxygens (including phenoxy) is 1. The van der Waals surface area contributed by atoms with E-state index >= 15 is 4.39 Å². The minimum atomic E-state index is -0.292. The summed E-state index contributed by atoms with van der Waals surface area (Å²) in [5.41, 5.74) is 4.36. The number of benzene rings is 1. The van der Waals surface area contributed by atoms with Crippen molar-refractivity contribution in [3.8, 4) is 0 Å². The van der Waals surface area contributed by atoms with Gasteiger partial charge in [-0.25, -0.2) is 9.37 Å². The third-order valence-corrected chi connectivity index (χ3v) is 8.39. The second-order valence-corrected chi connectivity index (χ2v) is 12.4. The molecule has 5 rings (SSSR count). The van der Waals surface area contributed by atoms with Crippen LogP contribution in [0.5, 0.6) is 0 Å². The average molecular weight is 509 g/mol. The van der Waals surface area contributed by atoms with Crippen molar-refractivity contribution < 1.29 is 13.9 Å². The summed E-state index contributed by atoms with van der Waals surface area (Å²) in [7, 11) is 1.40. The van der Waals surface area contributed by atoms with Crippen LogP contribution in [0.3, 0.4) is 0 Å². The van der Waals surface area contributed by atoms with E-state index in [0.29, 0.717) is 12.1 Å². The lowest BCUT2D eigenvalue weighted by Gasteiger charge is -2.49. The highest BCUT2D eigenvalue weighted by molar-refractivity contribution is 5.70. The van der Waals surface area contributed by atoms with Crippen molar-refractivity contribution in [2.24, 2.45) is 5.41 Å². The first-order valence-corrected chi connectivity index (χ1v) is 13.7. The lowest BCUT2D eigenvalue weighted by Crippen LogP contribution is -2.58. The van der Waals surface area contributed by atoms with Gasteiger partial charge >= 0.3 is 5.97 Å². The molecule has 2 fully saturated rings. The fourth-order valence-electron chi connectivity index (χ4n) is 6.33. The van der Waals surface area contributed by atoms with Gasteiger partial charge in [0.15, 0.2) is 0 Å². The van der Waals surface area contributed by atoms with Crippen molar-refractivity contribution in [3.05, 3.63) is 58.5 Å². The molecule has 0 amide bonds. The van der Waals surface area contributed by atoms with Crippen LogP contribution in [0.25, 0.3) is 0 Å². The number of likely N-dealkylation sites (tertiary alicyclic amines) is 2. The summed E-state index contributed by atoms with van der Waals surface area (Å²) in [6.07, 6.45) is 3.64. The van der Waals surface area contributed by atoms with Gasteiger partial charge in [-0.3, -0.25) is 9.69 Å². The number of rotatable bonds is 7.